The van der Waals surface area contributed by atoms with Crippen LogP contribution in [0.5, 0.6) is 5.75 Å². The lowest BCUT2D eigenvalue weighted by molar-refractivity contribution is -0.139. The van der Waals surface area contributed by atoms with E-state index in [0.717, 1.165) is 28.7 Å². The van der Waals surface area contributed by atoms with Crippen molar-refractivity contribution < 1.29 is 19.4 Å². The highest BCUT2D eigenvalue weighted by molar-refractivity contribution is 5.79. The summed E-state index contributed by atoms with van der Waals surface area (Å²) in [6, 6.07) is 13.7. The maximum absolute atomic E-state index is 11.3. The summed E-state index contributed by atoms with van der Waals surface area (Å²) >= 11 is 0. The van der Waals surface area contributed by atoms with Crippen molar-refractivity contribution in [3.63, 3.8) is 0 Å². The van der Waals surface area contributed by atoms with Gasteiger partial charge in [0, 0.05) is 12.0 Å². The van der Waals surface area contributed by atoms with E-state index >= 15 is 0 Å². The largest absolute Gasteiger partial charge is 0.481 e. The highest BCUT2D eigenvalue weighted by atomic mass is 16.5. The molecule has 2 aromatic carbocycles. The highest BCUT2D eigenvalue weighted by Gasteiger charge is 2.22. The van der Waals surface area contributed by atoms with Crippen LogP contribution in [-0.4, -0.2) is 23.6 Å². The van der Waals surface area contributed by atoms with Crippen molar-refractivity contribution in [1.29, 1.82) is 0 Å². The topological polar surface area (TPSA) is 75.6 Å². The summed E-state index contributed by atoms with van der Waals surface area (Å²) in [5.74, 6) is -0.370. The lowest BCUT2D eigenvalue weighted by Crippen LogP contribution is -2.18. The smallest absolute Gasteiger partial charge is 0.341 e. The van der Waals surface area contributed by atoms with Gasteiger partial charge in [-0.05, 0) is 36.6 Å². The molecule has 1 saturated heterocycles. The predicted molar refractivity (Wildman–Crippen MR) is 89.9 cm³/mol. The quantitative estimate of drug-likeness (QED) is 0.886. The van der Waals surface area contributed by atoms with Crippen LogP contribution in [0.3, 0.4) is 0 Å². The second-order valence-corrected chi connectivity index (χ2v) is 5.96. The molecule has 1 amide bonds. The molecule has 124 valence electrons. The Hall–Kier alpha value is -2.82. The third kappa shape index (κ3) is 3.56. The zero-order chi connectivity index (χ0) is 17.1. The minimum Gasteiger partial charge on any atom is -0.481 e. The van der Waals surface area contributed by atoms with E-state index in [2.05, 4.69) is 5.32 Å². The summed E-state index contributed by atoms with van der Waals surface area (Å²) < 4.78 is 5.40. The van der Waals surface area contributed by atoms with Gasteiger partial charge in [0.05, 0.1) is 6.04 Å². The Bertz CT molecular complexity index is 767. The highest BCUT2D eigenvalue weighted by Crippen LogP contribution is 2.33. The van der Waals surface area contributed by atoms with Crippen molar-refractivity contribution in [2.24, 2.45) is 0 Å². The van der Waals surface area contributed by atoms with Crippen LogP contribution in [0.2, 0.25) is 0 Å². The number of rotatable bonds is 5. The van der Waals surface area contributed by atoms with E-state index in [4.69, 9.17) is 9.84 Å². The maximum Gasteiger partial charge on any atom is 0.341 e. The fourth-order valence-corrected chi connectivity index (χ4v) is 2.89. The number of ether oxygens (including phenoxy) is 1. The number of benzene rings is 2. The number of carboxylic acids is 1. The number of aryl methyl sites for hydroxylation is 1. The summed E-state index contributed by atoms with van der Waals surface area (Å²) in [7, 11) is 0. The molecule has 5 heteroatoms. The number of hydrogen-bond donors (Lipinski definition) is 2. The van der Waals surface area contributed by atoms with E-state index in [1.54, 1.807) is 6.07 Å². The third-order valence-corrected chi connectivity index (χ3v) is 4.11. The van der Waals surface area contributed by atoms with E-state index in [-0.39, 0.29) is 18.6 Å². The second-order valence-electron chi connectivity index (χ2n) is 5.96. The van der Waals surface area contributed by atoms with Gasteiger partial charge in [0.15, 0.2) is 6.61 Å². The van der Waals surface area contributed by atoms with Crippen molar-refractivity contribution in [1.82, 2.24) is 5.32 Å². The normalized spacial score (nSPS) is 16.7. The number of aliphatic carboxylic acids is 1. The summed E-state index contributed by atoms with van der Waals surface area (Å²) in [6.07, 6.45) is 1.38. The van der Waals surface area contributed by atoms with E-state index in [1.165, 1.54) is 0 Å². The molecule has 0 bridgehead atoms. The van der Waals surface area contributed by atoms with Crippen LogP contribution >= 0.6 is 0 Å². The summed E-state index contributed by atoms with van der Waals surface area (Å²) in [6.45, 7) is 1.61. The summed E-state index contributed by atoms with van der Waals surface area (Å²) in [5.41, 5.74) is 3.95. The molecular weight excluding hydrogens is 306 g/mol. The molecule has 0 aliphatic carbocycles. The summed E-state index contributed by atoms with van der Waals surface area (Å²) in [4.78, 5) is 22.1. The van der Waals surface area contributed by atoms with Gasteiger partial charge in [-0.1, -0.05) is 35.9 Å². The number of carbonyl (C=O) groups excluding carboxylic acids is 1. The van der Waals surface area contributed by atoms with Gasteiger partial charge in [-0.2, -0.15) is 0 Å². The molecule has 1 heterocycles. The Labute approximate surface area is 140 Å². The van der Waals surface area contributed by atoms with Gasteiger partial charge >= 0.3 is 5.97 Å². The number of carboxylic acid groups (broad SMARTS) is 1. The van der Waals surface area contributed by atoms with Crippen LogP contribution in [0.4, 0.5) is 0 Å². The Morgan fingerprint density at radius 2 is 2.00 bits per heavy atom. The van der Waals surface area contributed by atoms with Gasteiger partial charge in [0.2, 0.25) is 5.91 Å². The first-order valence-electron chi connectivity index (χ1n) is 7.88. The fourth-order valence-electron chi connectivity index (χ4n) is 2.89. The van der Waals surface area contributed by atoms with Crippen molar-refractivity contribution in [3.05, 3.63) is 53.6 Å². The van der Waals surface area contributed by atoms with Crippen molar-refractivity contribution >= 4 is 11.9 Å². The standard InChI is InChI=1S/C19H19NO4/c1-12-2-8-17(24-11-19(22)23)15(10-12)13-3-5-14(6-4-13)16-7-9-18(21)20-16/h2-6,8,10,16H,7,9,11H2,1H3,(H,20,21)(H,22,23). The van der Waals surface area contributed by atoms with Crippen LogP contribution < -0.4 is 10.1 Å². The third-order valence-electron chi connectivity index (χ3n) is 4.11. The van der Waals surface area contributed by atoms with E-state index in [0.29, 0.717) is 12.2 Å². The molecule has 2 aromatic rings. The molecule has 1 atom stereocenters. The first kappa shape index (κ1) is 16.1. The molecule has 5 nitrogen and oxygen atoms in total. The average molecular weight is 325 g/mol. The molecule has 0 radical (unpaired) electrons. The number of hydrogen-bond acceptors (Lipinski definition) is 3. The molecule has 1 unspecified atom stereocenters. The second kappa shape index (κ2) is 6.74. The minimum atomic E-state index is -1.01. The molecular formula is C19H19NO4. The summed E-state index contributed by atoms with van der Waals surface area (Å²) in [5, 5.41) is 11.8. The van der Waals surface area contributed by atoms with Gasteiger partial charge in [0.25, 0.3) is 0 Å². The van der Waals surface area contributed by atoms with Crippen LogP contribution in [0.15, 0.2) is 42.5 Å². The van der Waals surface area contributed by atoms with Crippen molar-refractivity contribution in [3.8, 4) is 16.9 Å². The van der Waals surface area contributed by atoms with E-state index < -0.39 is 5.97 Å². The van der Waals surface area contributed by atoms with Gasteiger partial charge in [-0.25, -0.2) is 4.79 Å². The van der Waals surface area contributed by atoms with Gasteiger partial charge < -0.3 is 15.2 Å². The zero-order valence-electron chi connectivity index (χ0n) is 13.4. The van der Waals surface area contributed by atoms with E-state index in [1.807, 2.05) is 43.3 Å². The van der Waals surface area contributed by atoms with Gasteiger partial charge in [-0.3, -0.25) is 4.79 Å². The van der Waals surface area contributed by atoms with Gasteiger partial charge in [0.1, 0.15) is 5.75 Å². The molecule has 3 rings (SSSR count). The number of carbonyl (C=O) groups is 2. The molecule has 1 aliphatic rings. The van der Waals surface area contributed by atoms with Crippen molar-refractivity contribution in [2.45, 2.75) is 25.8 Å². The minimum absolute atomic E-state index is 0.0757. The van der Waals surface area contributed by atoms with E-state index in [9.17, 15) is 9.59 Å². The molecule has 1 fully saturated rings. The Balaban J connectivity index is 1.86. The van der Waals surface area contributed by atoms with Crippen LogP contribution in [0, 0.1) is 6.92 Å². The average Bonchev–Trinajstić information content (AvgIpc) is 3.00. The zero-order valence-corrected chi connectivity index (χ0v) is 13.4. The maximum atomic E-state index is 11.3. The lowest BCUT2D eigenvalue weighted by Gasteiger charge is -2.14. The molecule has 0 saturated carbocycles. The van der Waals surface area contributed by atoms with Gasteiger partial charge in [-0.15, -0.1) is 0 Å². The molecule has 24 heavy (non-hydrogen) atoms. The Morgan fingerprint density at radius 1 is 1.25 bits per heavy atom. The molecule has 0 spiro atoms. The first-order valence-corrected chi connectivity index (χ1v) is 7.88. The molecule has 0 aromatic heterocycles. The molecule has 2 N–H and O–H groups in total. The Kier molecular flexibility index (Phi) is 4.51. The number of nitrogens with one attached hydrogen (secondary N) is 1. The Morgan fingerprint density at radius 3 is 2.62 bits per heavy atom. The fraction of sp³-hybridized carbons (Fsp3) is 0.263. The van der Waals surface area contributed by atoms with Crippen LogP contribution in [0.25, 0.3) is 11.1 Å². The molecule has 1 aliphatic heterocycles. The predicted octanol–water partition coefficient (Wildman–Crippen LogP) is 3.08. The first-order chi connectivity index (χ1) is 11.5. The lowest BCUT2D eigenvalue weighted by atomic mass is 9.98. The number of amides is 1. The van der Waals surface area contributed by atoms with Crippen molar-refractivity contribution in [2.75, 3.05) is 6.61 Å². The van der Waals surface area contributed by atoms with Crippen LogP contribution in [0.1, 0.15) is 30.0 Å². The van der Waals surface area contributed by atoms with Crippen LogP contribution in [-0.2, 0) is 9.59 Å². The monoisotopic (exact) mass is 325 g/mol. The SMILES string of the molecule is Cc1ccc(OCC(=O)O)c(-c2ccc(C3CCC(=O)N3)cc2)c1.